The average molecular weight is 260 g/mol. The highest BCUT2D eigenvalue weighted by Crippen LogP contribution is 2.19. The molecule has 2 aromatic rings. The normalized spacial score (nSPS) is 10.2. The molecule has 2 heterocycles. The summed E-state index contributed by atoms with van der Waals surface area (Å²) in [7, 11) is 0. The van der Waals surface area contributed by atoms with Gasteiger partial charge in [-0.1, -0.05) is 18.1 Å². The summed E-state index contributed by atoms with van der Waals surface area (Å²) in [6, 6.07) is 5.95. The van der Waals surface area contributed by atoms with E-state index in [0.717, 1.165) is 17.7 Å². The van der Waals surface area contributed by atoms with Gasteiger partial charge in [-0.25, -0.2) is 0 Å². The van der Waals surface area contributed by atoms with Crippen LogP contribution >= 0.6 is 11.8 Å². The van der Waals surface area contributed by atoms with Crippen LogP contribution in [0.15, 0.2) is 22.9 Å². The van der Waals surface area contributed by atoms with Gasteiger partial charge in [-0.3, -0.25) is 4.98 Å². The van der Waals surface area contributed by atoms with Crippen molar-refractivity contribution < 1.29 is 4.52 Å². The Morgan fingerprint density at radius 3 is 3.17 bits per heavy atom. The maximum absolute atomic E-state index is 8.45. The van der Waals surface area contributed by atoms with Crippen molar-refractivity contribution in [1.82, 2.24) is 15.1 Å². The number of thioether (sulfide) groups is 1. The van der Waals surface area contributed by atoms with E-state index in [2.05, 4.69) is 28.1 Å². The summed E-state index contributed by atoms with van der Waals surface area (Å²) >= 11 is 1.45. The number of aryl methyl sites for hydroxylation is 1. The summed E-state index contributed by atoms with van der Waals surface area (Å²) in [4.78, 5) is 8.58. The van der Waals surface area contributed by atoms with Crippen LogP contribution in [-0.4, -0.2) is 20.9 Å². The summed E-state index contributed by atoms with van der Waals surface area (Å²) in [5.74, 6) is 2.01. The summed E-state index contributed by atoms with van der Waals surface area (Å²) in [5, 5.41) is 12.4. The number of hydrogen-bond acceptors (Lipinski definition) is 6. The van der Waals surface area contributed by atoms with Gasteiger partial charge in [0.05, 0.1) is 17.6 Å². The first-order chi connectivity index (χ1) is 8.85. The van der Waals surface area contributed by atoms with Gasteiger partial charge in [0, 0.05) is 6.20 Å². The summed E-state index contributed by atoms with van der Waals surface area (Å²) in [5.41, 5.74) is 1.86. The van der Waals surface area contributed by atoms with E-state index in [-0.39, 0.29) is 0 Å². The van der Waals surface area contributed by atoms with Gasteiger partial charge >= 0.3 is 0 Å². The van der Waals surface area contributed by atoms with E-state index in [9.17, 15) is 0 Å². The topological polar surface area (TPSA) is 75.6 Å². The third-order valence-corrected chi connectivity index (χ3v) is 3.13. The molecular weight excluding hydrogens is 248 g/mol. The third-order valence-electron chi connectivity index (χ3n) is 2.34. The highest BCUT2D eigenvalue weighted by atomic mass is 32.2. The summed E-state index contributed by atoms with van der Waals surface area (Å²) in [6.45, 7) is 2.06. The lowest BCUT2D eigenvalue weighted by atomic mass is 10.1. The van der Waals surface area contributed by atoms with Crippen molar-refractivity contribution in [1.29, 1.82) is 5.26 Å². The first-order valence-electron chi connectivity index (χ1n) is 5.56. The molecule has 0 unspecified atom stereocenters. The lowest BCUT2D eigenvalue weighted by Crippen LogP contribution is -1.92. The molecule has 0 radical (unpaired) electrons. The largest absolute Gasteiger partial charge is 0.338 e. The van der Waals surface area contributed by atoms with Crippen LogP contribution in [0, 0.1) is 11.3 Å². The van der Waals surface area contributed by atoms with Crippen LogP contribution in [-0.2, 0) is 12.2 Å². The Kier molecular flexibility index (Phi) is 4.31. The van der Waals surface area contributed by atoms with Gasteiger partial charge in [0.2, 0.25) is 11.7 Å². The summed E-state index contributed by atoms with van der Waals surface area (Å²) < 4.78 is 5.13. The van der Waals surface area contributed by atoms with Gasteiger partial charge in [0.1, 0.15) is 5.69 Å². The Hall–Kier alpha value is -1.87. The van der Waals surface area contributed by atoms with Crippen LogP contribution in [0.1, 0.15) is 18.4 Å². The van der Waals surface area contributed by atoms with Crippen LogP contribution in [0.5, 0.6) is 0 Å². The fourth-order valence-corrected chi connectivity index (χ4v) is 2.00. The third kappa shape index (κ3) is 2.87. The zero-order valence-electron chi connectivity index (χ0n) is 9.96. The van der Waals surface area contributed by atoms with Crippen LogP contribution in [0.2, 0.25) is 0 Å². The lowest BCUT2D eigenvalue weighted by molar-refractivity contribution is 0.391. The number of nitriles is 1. The van der Waals surface area contributed by atoms with Crippen LogP contribution in [0.25, 0.3) is 11.5 Å². The van der Waals surface area contributed by atoms with Gasteiger partial charge in [0.25, 0.3) is 0 Å². The fourth-order valence-electron chi connectivity index (χ4n) is 1.52. The molecule has 2 aromatic heterocycles. The Morgan fingerprint density at radius 2 is 2.39 bits per heavy atom. The second-order valence-corrected chi connectivity index (χ2v) is 4.51. The Morgan fingerprint density at radius 1 is 1.50 bits per heavy atom. The first kappa shape index (κ1) is 12.6. The standard InChI is InChI=1S/C12H12N4OS/c1-2-9-4-3-6-14-11(9)12-15-10(17-16-12)8-18-7-5-13/h3-4,6H,2,7-8H2,1H3. The Balaban J connectivity index is 2.16. The van der Waals surface area contributed by atoms with Crippen molar-refractivity contribution in [3.63, 3.8) is 0 Å². The van der Waals surface area contributed by atoms with E-state index in [1.54, 1.807) is 6.20 Å². The van der Waals surface area contributed by atoms with Gasteiger partial charge in [0.15, 0.2) is 0 Å². The van der Waals surface area contributed by atoms with E-state index in [0.29, 0.717) is 23.2 Å². The van der Waals surface area contributed by atoms with E-state index in [1.807, 2.05) is 12.1 Å². The van der Waals surface area contributed by atoms with Gasteiger partial charge in [-0.15, -0.1) is 11.8 Å². The molecule has 0 saturated carbocycles. The quantitative estimate of drug-likeness (QED) is 0.768. The molecular formula is C12H12N4OS. The van der Waals surface area contributed by atoms with Crippen molar-refractivity contribution in [2.24, 2.45) is 0 Å². The smallest absolute Gasteiger partial charge is 0.237 e. The molecule has 0 aliphatic rings. The molecule has 0 fully saturated rings. The second-order valence-electron chi connectivity index (χ2n) is 3.53. The molecule has 92 valence electrons. The zero-order chi connectivity index (χ0) is 12.8. The maximum atomic E-state index is 8.45. The average Bonchev–Trinajstić information content (AvgIpc) is 2.88. The molecule has 0 bridgehead atoms. The molecule has 0 atom stereocenters. The maximum Gasteiger partial charge on any atom is 0.237 e. The fraction of sp³-hybridized carbons (Fsp3) is 0.333. The van der Waals surface area contributed by atoms with Gasteiger partial charge in [-0.2, -0.15) is 10.2 Å². The minimum Gasteiger partial charge on any atom is -0.338 e. The van der Waals surface area contributed by atoms with Crippen molar-refractivity contribution in [2.75, 3.05) is 5.75 Å². The Bertz CT molecular complexity index is 561. The minimum absolute atomic E-state index is 0.418. The van der Waals surface area contributed by atoms with Crippen LogP contribution in [0.4, 0.5) is 0 Å². The molecule has 5 nitrogen and oxygen atoms in total. The minimum atomic E-state index is 0.418. The molecule has 0 N–H and O–H groups in total. The molecule has 2 rings (SSSR count). The molecule has 0 aromatic carbocycles. The number of nitrogens with zero attached hydrogens (tertiary/aromatic N) is 4. The predicted octanol–water partition coefficient (Wildman–Crippen LogP) is 2.45. The number of aromatic nitrogens is 3. The first-order valence-corrected chi connectivity index (χ1v) is 6.72. The highest BCUT2D eigenvalue weighted by molar-refractivity contribution is 7.98. The molecule has 6 heteroatoms. The SMILES string of the molecule is CCc1cccnc1-c1noc(CSCC#N)n1. The second kappa shape index (κ2) is 6.17. The number of hydrogen-bond donors (Lipinski definition) is 0. The van der Waals surface area contributed by atoms with Crippen molar-refractivity contribution in [3.05, 3.63) is 29.8 Å². The van der Waals surface area contributed by atoms with E-state index in [4.69, 9.17) is 9.78 Å². The molecule has 0 amide bonds. The van der Waals surface area contributed by atoms with E-state index >= 15 is 0 Å². The molecule has 0 aliphatic carbocycles. The summed E-state index contributed by atoms with van der Waals surface area (Å²) in [6.07, 6.45) is 2.59. The van der Waals surface area contributed by atoms with E-state index < -0.39 is 0 Å². The molecule has 0 saturated heterocycles. The molecule has 0 aliphatic heterocycles. The van der Waals surface area contributed by atoms with Gasteiger partial charge in [-0.05, 0) is 18.1 Å². The van der Waals surface area contributed by atoms with Gasteiger partial charge < -0.3 is 4.52 Å². The number of pyridine rings is 1. The van der Waals surface area contributed by atoms with Crippen LogP contribution < -0.4 is 0 Å². The van der Waals surface area contributed by atoms with Crippen molar-refractivity contribution >= 4 is 11.8 Å². The van der Waals surface area contributed by atoms with E-state index in [1.165, 1.54) is 11.8 Å². The lowest BCUT2D eigenvalue weighted by Gasteiger charge is -2.00. The molecule has 18 heavy (non-hydrogen) atoms. The zero-order valence-corrected chi connectivity index (χ0v) is 10.8. The monoisotopic (exact) mass is 260 g/mol. The highest BCUT2D eigenvalue weighted by Gasteiger charge is 2.12. The predicted molar refractivity (Wildman–Crippen MR) is 68.7 cm³/mol. The van der Waals surface area contributed by atoms with Crippen LogP contribution in [0.3, 0.4) is 0 Å². The Labute approximate surface area is 109 Å². The van der Waals surface area contributed by atoms with Crippen molar-refractivity contribution in [3.8, 4) is 17.6 Å². The number of rotatable bonds is 5. The van der Waals surface area contributed by atoms with Crippen molar-refractivity contribution in [2.45, 2.75) is 19.1 Å². The molecule has 0 spiro atoms.